The lowest BCUT2D eigenvalue weighted by Crippen LogP contribution is -2.12. The van der Waals surface area contributed by atoms with Crippen molar-refractivity contribution in [2.75, 3.05) is 0 Å². The molecular weight excluding hydrogens is 233 g/mol. The van der Waals surface area contributed by atoms with Gasteiger partial charge in [-0.25, -0.2) is 4.39 Å². The second kappa shape index (κ2) is 3.39. The van der Waals surface area contributed by atoms with Gasteiger partial charge in [0.1, 0.15) is 5.82 Å². The van der Waals surface area contributed by atoms with Crippen molar-refractivity contribution in [1.82, 2.24) is 0 Å². The molecule has 0 heterocycles. The maximum absolute atomic E-state index is 13.0. The molecule has 2 N–H and O–H groups in total. The number of hydrogen-bond acceptors (Lipinski definition) is 1. The molecule has 0 aromatic heterocycles. The van der Waals surface area contributed by atoms with E-state index in [0.717, 1.165) is 10.0 Å². The van der Waals surface area contributed by atoms with Crippen molar-refractivity contribution in [3.05, 3.63) is 34.1 Å². The third-order valence-corrected chi connectivity index (χ3v) is 2.86. The first-order chi connectivity index (χ1) is 6.16. The first-order valence-electron chi connectivity index (χ1n) is 4.38. The predicted molar refractivity (Wildman–Crippen MR) is 53.8 cm³/mol. The molecule has 0 spiro atoms. The molecule has 0 saturated heterocycles. The lowest BCUT2D eigenvalue weighted by Gasteiger charge is -2.10. The van der Waals surface area contributed by atoms with Gasteiger partial charge in [0.25, 0.3) is 0 Å². The summed E-state index contributed by atoms with van der Waals surface area (Å²) >= 11 is 3.26. The Labute approximate surface area is 85.3 Å². The highest BCUT2D eigenvalue weighted by atomic mass is 79.9. The van der Waals surface area contributed by atoms with E-state index < -0.39 is 0 Å². The van der Waals surface area contributed by atoms with Gasteiger partial charge >= 0.3 is 0 Å². The smallest absolute Gasteiger partial charge is 0.124 e. The quantitative estimate of drug-likeness (QED) is 0.850. The minimum atomic E-state index is -0.222. The largest absolute Gasteiger partial charge is 0.324 e. The Kier molecular flexibility index (Phi) is 2.39. The zero-order valence-electron chi connectivity index (χ0n) is 7.13. The van der Waals surface area contributed by atoms with Crippen LogP contribution in [0.25, 0.3) is 0 Å². The molecule has 1 atom stereocenters. The molecule has 0 amide bonds. The van der Waals surface area contributed by atoms with Crippen LogP contribution in [0.3, 0.4) is 0 Å². The van der Waals surface area contributed by atoms with E-state index in [1.807, 2.05) is 6.07 Å². The zero-order chi connectivity index (χ0) is 9.42. The summed E-state index contributed by atoms with van der Waals surface area (Å²) in [6.07, 6.45) is 2.35. The van der Waals surface area contributed by atoms with Crippen LogP contribution in [0.2, 0.25) is 0 Å². The van der Waals surface area contributed by atoms with Crippen LogP contribution in [0.15, 0.2) is 22.7 Å². The predicted octanol–water partition coefficient (Wildman–Crippen LogP) is 3.00. The minimum Gasteiger partial charge on any atom is -0.324 e. The second-order valence-electron chi connectivity index (χ2n) is 3.57. The van der Waals surface area contributed by atoms with Crippen molar-refractivity contribution in [2.45, 2.75) is 18.9 Å². The van der Waals surface area contributed by atoms with Gasteiger partial charge in [-0.2, -0.15) is 0 Å². The third kappa shape index (κ3) is 2.09. The van der Waals surface area contributed by atoms with Gasteiger partial charge in [0.2, 0.25) is 0 Å². The lowest BCUT2D eigenvalue weighted by molar-refractivity contribution is 0.600. The van der Waals surface area contributed by atoms with Crippen molar-refractivity contribution in [3.8, 4) is 0 Å². The van der Waals surface area contributed by atoms with E-state index in [9.17, 15) is 4.39 Å². The summed E-state index contributed by atoms with van der Waals surface area (Å²) in [6, 6.07) is 4.87. The van der Waals surface area contributed by atoms with Crippen LogP contribution < -0.4 is 5.73 Å². The maximum Gasteiger partial charge on any atom is 0.124 e. The summed E-state index contributed by atoms with van der Waals surface area (Å²) in [4.78, 5) is 0. The average molecular weight is 244 g/mol. The van der Waals surface area contributed by atoms with Gasteiger partial charge in [-0.05, 0) is 42.5 Å². The SMILES string of the molecule is N[C@H](c1cc(F)cc(Br)c1)C1CC1. The average Bonchev–Trinajstić information content (AvgIpc) is 2.83. The van der Waals surface area contributed by atoms with Crippen LogP contribution in [0.5, 0.6) is 0 Å². The molecule has 2 rings (SSSR count). The molecule has 13 heavy (non-hydrogen) atoms. The van der Waals surface area contributed by atoms with E-state index in [-0.39, 0.29) is 11.9 Å². The highest BCUT2D eigenvalue weighted by Gasteiger charge is 2.29. The number of halogens is 2. The van der Waals surface area contributed by atoms with Gasteiger partial charge < -0.3 is 5.73 Å². The van der Waals surface area contributed by atoms with Crippen LogP contribution in [0.4, 0.5) is 4.39 Å². The lowest BCUT2D eigenvalue weighted by atomic mass is 10.0. The Morgan fingerprint density at radius 3 is 2.62 bits per heavy atom. The van der Waals surface area contributed by atoms with Gasteiger partial charge in [-0.1, -0.05) is 15.9 Å². The van der Waals surface area contributed by atoms with Crippen LogP contribution in [-0.4, -0.2) is 0 Å². The van der Waals surface area contributed by atoms with Crippen molar-refractivity contribution >= 4 is 15.9 Å². The molecule has 0 bridgehead atoms. The summed E-state index contributed by atoms with van der Waals surface area (Å²) in [6.45, 7) is 0. The zero-order valence-corrected chi connectivity index (χ0v) is 8.72. The van der Waals surface area contributed by atoms with Gasteiger partial charge in [-0.15, -0.1) is 0 Å². The third-order valence-electron chi connectivity index (χ3n) is 2.40. The topological polar surface area (TPSA) is 26.0 Å². The molecule has 1 aliphatic carbocycles. The first-order valence-corrected chi connectivity index (χ1v) is 5.17. The van der Waals surface area contributed by atoms with Crippen LogP contribution in [0, 0.1) is 11.7 Å². The van der Waals surface area contributed by atoms with Gasteiger partial charge in [-0.3, -0.25) is 0 Å². The fraction of sp³-hybridized carbons (Fsp3) is 0.400. The molecule has 1 aromatic rings. The Bertz CT molecular complexity index is 302. The molecule has 0 aliphatic heterocycles. The molecule has 1 aromatic carbocycles. The normalized spacial score (nSPS) is 18.7. The second-order valence-corrected chi connectivity index (χ2v) is 4.48. The van der Waals surface area contributed by atoms with Gasteiger partial charge in [0.05, 0.1) is 0 Å². The number of hydrogen-bond donors (Lipinski definition) is 1. The van der Waals surface area contributed by atoms with Gasteiger partial charge in [0, 0.05) is 10.5 Å². The van der Waals surface area contributed by atoms with Crippen LogP contribution in [0.1, 0.15) is 24.4 Å². The molecule has 1 nitrogen and oxygen atoms in total. The summed E-state index contributed by atoms with van der Waals surface area (Å²) in [7, 11) is 0. The highest BCUT2D eigenvalue weighted by Crippen LogP contribution is 2.39. The number of rotatable bonds is 2. The van der Waals surface area contributed by atoms with E-state index in [4.69, 9.17) is 5.73 Å². The van der Waals surface area contributed by atoms with Crippen molar-refractivity contribution < 1.29 is 4.39 Å². The van der Waals surface area contributed by atoms with E-state index >= 15 is 0 Å². The first kappa shape index (κ1) is 9.16. The molecule has 70 valence electrons. The molecule has 1 aliphatic rings. The van der Waals surface area contributed by atoms with Crippen molar-refractivity contribution in [1.29, 1.82) is 0 Å². The number of benzene rings is 1. The van der Waals surface area contributed by atoms with Gasteiger partial charge in [0.15, 0.2) is 0 Å². The molecular formula is C10H11BrFN. The Morgan fingerprint density at radius 2 is 2.08 bits per heavy atom. The molecule has 0 unspecified atom stereocenters. The Balaban J connectivity index is 2.27. The van der Waals surface area contributed by atoms with E-state index in [2.05, 4.69) is 15.9 Å². The summed E-state index contributed by atoms with van der Waals surface area (Å²) in [5, 5.41) is 0. The highest BCUT2D eigenvalue weighted by molar-refractivity contribution is 9.10. The van der Waals surface area contributed by atoms with Crippen LogP contribution in [-0.2, 0) is 0 Å². The monoisotopic (exact) mass is 243 g/mol. The van der Waals surface area contributed by atoms with E-state index in [0.29, 0.717) is 5.92 Å². The Hall–Kier alpha value is -0.410. The molecule has 0 radical (unpaired) electrons. The van der Waals surface area contributed by atoms with Crippen molar-refractivity contribution in [3.63, 3.8) is 0 Å². The summed E-state index contributed by atoms with van der Waals surface area (Å²) in [5.74, 6) is 0.342. The van der Waals surface area contributed by atoms with Crippen molar-refractivity contribution in [2.24, 2.45) is 11.7 Å². The Morgan fingerprint density at radius 1 is 1.38 bits per heavy atom. The molecule has 1 fully saturated rings. The fourth-order valence-corrected chi connectivity index (χ4v) is 1.98. The summed E-state index contributed by atoms with van der Waals surface area (Å²) in [5.41, 5.74) is 6.85. The van der Waals surface area contributed by atoms with E-state index in [1.54, 1.807) is 0 Å². The summed E-state index contributed by atoms with van der Waals surface area (Å²) < 4.78 is 13.7. The standard InChI is InChI=1S/C10H11BrFN/c11-8-3-7(4-9(12)5-8)10(13)6-1-2-6/h3-6,10H,1-2,13H2/t10-/m0/s1. The molecule has 3 heteroatoms. The van der Waals surface area contributed by atoms with Crippen LogP contribution >= 0.6 is 15.9 Å². The number of nitrogens with two attached hydrogens (primary N) is 1. The molecule has 1 saturated carbocycles. The minimum absolute atomic E-state index is 0.00648. The van der Waals surface area contributed by atoms with E-state index in [1.165, 1.54) is 25.0 Å². The maximum atomic E-state index is 13.0. The fourth-order valence-electron chi connectivity index (χ4n) is 1.50.